The van der Waals surface area contributed by atoms with Gasteiger partial charge in [0.25, 0.3) is 0 Å². The Morgan fingerprint density at radius 1 is 1.20 bits per heavy atom. The van der Waals surface area contributed by atoms with E-state index in [9.17, 15) is 9.50 Å². The van der Waals surface area contributed by atoms with Crippen LogP contribution in [0.15, 0.2) is 55.0 Å². The first-order valence-corrected chi connectivity index (χ1v) is 14.3. The highest BCUT2D eigenvalue weighted by atomic mass is 35.5. The fourth-order valence-corrected chi connectivity index (χ4v) is 6.38. The summed E-state index contributed by atoms with van der Waals surface area (Å²) in [4.78, 5) is 11.2. The molecule has 3 N–H and O–H groups in total. The van der Waals surface area contributed by atoms with Gasteiger partial charge in [-0.1, -0.05) is 30.7 Å². The molecule has 0 saturated carbocycles. The number of fused-ring (bicyclic) bond motifs is 5. The van der Waals surface area contributed by atoms with Crippen LogP contribution in [0.1, 0.15) is 23.7 Å². The van der Waals surface area contributed by atoms with E-state index >= 15 is 0 Å². The van der Waals surface area contributed by atoms with E-state index in [1.54, 1.807) is 41.9 Å². The highest BCUT2D eigenvalue weighted by Crippen LogP contribution is 2.45. The minimum atomic E-state index is -0.505. The Bertz CT molecular complexity index is 1670. The maximum Gasteiger partial charge on any atom is 0.142 e. The number of ether oxygens (including phenoxy) is 1. The molecule has 0 radical (unpaired) electrons. The number of anilines is 2. The van der Waals surface area contributed by atoms with Crippen LogP contribution < -0.4 is 15.4 Å². The average Bonchev–Trinajstić information content (AvgIpc) is 3.53. The van der Waals surface area contributed by atoms with Crippen LogP contribution in [0.3, 0.4) is 0 Å². The zero-order chi connectivity index (χ0) is 27.6. The predicted octanol–water partition coefficient (Wildman–Crippen LogP) is 5.74. The molecule has 1 atom stereocenters. The molecule has 0 fully saturated rings. The molecule has 0 unspecified atom stereocenters. The maximum absolute atomic E-state index is 13.5. The number of likely N-dealkylation sites (N-methyl/N-ethyl adjacent to an activating group) is 1. The van der Waals surface area contributed by atoms with E-state index in [-0.39, 0.29) is 12.4 Å². The van der Waals surface area contributed by atoms with Gasteiger partial charge >= 0.3 is 0 Å². The summed E-state index contributed by atoms with van der Waals surface area (Å²) in [5.41, 5.74) is 4.82. The fraction of sp³-hybridized carbons (Fsp3) is 0.276. The number of aliphatic hydroxyl groups excluding tert-OH is 1. The molecule has 11 heteroatoms. The van der Waals surface area contributed by atoms with Gasteiger partial charge in [-0.05, 0) is 60.8 Å². The number of aliphatic hydroxyl groups is 1. The van der Waals surface area contributed by atoms with Crippen LogP contribution in [-0.4, -0.2) is 44.0 Å². The number of rotatable bonds is 10. The van der Waals surface area contributed by atoms with Crippen molar-refractivity contribution in [2.24, 2.45) is 0 Å². The van der Waals surface area contributed by atoms with Gasteiger partial charge in [0.15, 0.2) is 0 Å². The van der Waals surface area contributed by atoms with E-state index in [1.165, 1.54) is 17.7 Å². The standard InChI is InChI=1S/C29H28ClFN6O2S/c1-2-32-12-20(38)13-37-14-22-24(36-37)8-7-21-26-28(33-16-34-29(26)40-27(21)22)35-19-6-9-25(23(30)11-19)39-15-17-4-3-5-18(31)10-17/h3-6,9-11,14,16,20,32,38H,2,7-8,12-13,15H2,1H3,(H,33,34,35)/t20-/m1/s1. The average molecular weight is 579 g/mol. The summed E-state index contributed by atoms with van der Waals surface area (Å²) in [5, 5.41) is 23.1. The van der Waals surface area contributed by atoms with E-state index < -0.39 is 6.10 Å². The maximum atomic E-state index is 13.5. The zero-order valence-electron chi connectivity index (χ0n) is 21.8. The molecule has 0 saturated heterocycles. The van der Waals surface area contributed by atoms with Crippen LogP contribution in [0.25, 0.3) is 20.7 Å². The molecule has 40 heavy (non-hydrogen) atoms. The van der Waals surface area contributed by atoms with Crippen molar-refractivity contribution in [2.75, 3.05) is 18.4 Å². The van der Waals surface area contributed by atoms with Gasteiger partial charge in [-0.2, -0.15) is 5.10 Å². The van der Waals surface area contributed by atoms with E-state index in [4.69, 9.17) is 21.4 Å². The minimum absolute atomic E-state index is 0.213. The lowest BCUT2D eigenvalue weighted by Gasteiger charge is -2.13. The van der Waals surface area contributed by atoms with Crippen molar-refractivity contribution in [2.45, 2.75) is 39.0 Å². The molecule has 1 aliphatic carbocycles. The number of hydrogen-bond acceptors (Lipinski definition) is 8. The smallest absolute Gasteiger partial charge is 0.142 e. The van der Waals surface area contributed by atoms with Gasteiger partial charge in [0.2, 0.25) is 0 Å². The third-order valence-electron chi connectivity index (χ3n) is 6.79. The Kier molecular flexibility index (Phi) is 7.66. The van der Waals surface area contributed by atoms with Gasteiger partial charge in [-0.25, -0.2) is 14.4 Å². The quantitative estimate of drug-likeness (QED) is 0.194. The number of thiophene rings is 1. The Labute approximate surface area is 239 Å². The largest absolute Gasteiger partial charge is 0.487 e. The molecule has 1 aliphatic rings. The second-order valence-electron chi connectivity index (χ2n) is 9.67. The fourth-order valence-electron chi connectivity index (χ4n) is 4.93. The molecule has 8 nitrogen and oxygen atoms in total. The van der Waals surface area contributed by atoms with Gasteiger partial charge in [0.1, 0.15) is 35.1 Å². The van der Waals surface area contributed by atoms with E-state index in [0.717, 1.165) is 57.0 Å². The van der Waals surface area contributed by atoms with E-state index in [0.29, 0.717) is 29.7 Å². The molecule has 3 aromatic heterocycles. The third kappa shape index (κ3) is 5.53. The van der Waals surface area contributed by atoms with Crippen molar-refractivity contribution < 1.29 is 14.2 Å². The summed E-state index contributed by atoms with van der Waals surface area (Å²) in [5.74, 6) is 0.920. The molecule has 0 spiro atoms. The number of halogens is 2. The summed E-state index contributed by atoms with van der Waals surface area (Å²) in [6, 6.07) is 11.7. The molecule has 0 aliphatic heterocycles. The lowest BCUT2D eigenvalue weighted by Crippen LogP contribution is -2.30. The first kappa shape index (κ1) is 26.6. The zero-order valence-corrected chi connectivity index (χ0v) is 23.4. The van der Waals surface area contributed by atoms with E-state index in [2.05, 4.69) is 20.6 Å². The van der Waals surface area contributed by atoms with Crippen LogP contribution in [0.5, 0.6) is 5.75 Å². The number of hydrogen-bond donors (Lipinski definition) is 3. The van der Waals surface area contributed by atoms with Gasteiger partial charge in [-0.15, -0.1) is 11.3 Å². The van der Waals surface area contributed by atoms with Gasteiger partial charge in [-0.3, -0.25) is 4.68 Å². The summed E-state index contributed by atoms with van der Waals surface area (Å²) >= 11 is 8.16. The number of aryl methyl sites for hydroxylation is 2. The summed E-state index contributed by atoms with van der Waals surface area (Å²) < 4.78 is 21.1. The van der Waals surface area contributed by atoms with Crippen molar-refractivity contribution in [3.63, 3.8) is 0 Å². The molecule has 0 bridgehead atoms. The molecule has 2 aromatic carbocycles. The molecule has 5 aromatic rings. The monoisotopic (exact) mass is 578 g/mol. The molecule has 6 rings (SSSR count). The number of nitrogens with one attached hydrogen (secondary N) is 2. The van der Waals surface area contributed by atoms with Crippen LogP contribution in [0, 0.1) is 5.82 Å². The molecule has 206 valence electrons. The molecule has 3 heterocycles. The van der Waals surface area contributed by atoms with Crippen molar-refractivity contribution in [3.8, 4) is 16.2 Å². The van der Waals surface area contributed by atoms with Crippen molar-refractivity contribution >= 4 is 44.7 Å². The summed E-state index contributed by atoms with van der Waals surface area (Å²) in [7, 11) is 0. The van der Waals surface area contributed by atoms with Crippen LogP contribution in [-0.2, 0) is 26.0 Å². The third-order valence-corrected chi connectivity index (χ3v) is 8.26. The Morgan fingerprint density at radius 2 is 2.10 bits per heavy atom. The Hall–Kier alpha value is -3.57. The van der Waals surface area contributed by atoms with Crippen molar-refractivity contribution in [1.82, 2.24) is 25.1 Å². The second-order valence-corrected chi connectivity index (χ2v) is 11.1. The lowest BCUT2D eigenvalue weighted by molar-refractivity contribution is 0.147. The Balaban J connectivity index is 1.23. The molecular weight excluding hydrogens is 551 g/mol. The van der Waals surface area contributed by atoms with E-state index in [1.807, 2.05) is 23.9 Å². The SMILES string of the molecule is CCNC[C@@H](O)Cn1cc2c(n1)CCc1c-2sc2ncnc(Nc3ccc(OCc4cccc(F)c4)c(Cl)c3)c12. The predicted molar refractivity (Wildman–Crippen MR) is 156 cm³/mol. The summed E-state index contributed by atoms with van der Waals surface area (Å²) in [6.45, 7) is 4.02. The highest BCUT2D eigenvalue weighted by molar-refractivity contribution is 7.22. The normalized spacial score (nSPS) is 13.2. The number of benzene rings is 2. The van der Waals surface area contributed by atoms with Gasteiger partial charge < -0.3 is 20.5 Å². The van der Waals surface area contributed by atoms with Crippen LogP contribution >= 0.6 is 22.9 Å². The lowest BCUT2D eigenvalue weighted by atomic mass is 9.95. The van der Waals surface area contributed by atoms with Crippen LogP contribution in [0.2, 0.25) is 5.02 Å². The number of nitrogens with zero attached hydrogens (tertiary/aromatic N) is 4. The molecule has 0 amide bonds. The van der Waals surface area contributed by atoms with Gasteiger partial charge in [0, 0.05) is 28.9 Å². The first-order chi connectivity index (χ1) is 19.5. The Morgan fingerprint density at radius 3 is 2.92 bits per heavy atom. The topological polar surface area (TPSA) is 97.1 Å². The second kappa shape index (κ2) is 11.5. The summed E-state index contributed by atoms with van der Waals surface area (Å²) in [6.07, 6.45) is 4.72. The van der Waals surface area contributed by atoms with Crippen LogP contribution in [0.4, 0.5) is 15.9 Å². The van der Waals surface area contributed by atoms with Crippen molar-refractivity contribution in [1.29, 1.82) is 0 Å². The van der Waals surface area contributed by atoms with Gasteiger partial charge in [0.05, 0.1) is 28.8 Å². The van der Waals surface area contributed by atoms with Crippen molar-refractivity contribution in [3.05, 3.63) is 82.6 Å². The first-order valence-electron chi connectivity index (χ1n) is 13.1. The molecular formula is C29H28ClFN6O2S. The minimum Gasteiger partial charge on any atom is -0.487 e. The number of aromatic nitrogens is 4. The highest BCUT2D eigenvalue weighted by Gasteiger charge is 2.26.